The van der Waals surface area contributed by atoms with E-state index in [2.05, 4.69) is 91.0 Å². The third kappa shape index (κ3) is 1.74. The van der Waals surface area contributed by atoms with E-state index < -0.39 is 0 Å². The second-order valence-corrected chi connectivity index (χ2v) is 8.38. The van der Waals surface area contributed by atoms with Crippen molar-refractivity contribution in [1.82, 2.24) is 10.4 Å². The molecule has 2 heterocycles. The molecule has 26 heavy (non-hydrogen) atoms. The predicted molar refractivity (Wildman–Crippen MR) is 106 cm³/mol. The first-order chi connectivity index (χ1) is 12.6. The summed E-state index contributed by atoms with van der Waals surface area (Å²) in [6.45, 7) is 5.85. The fourth-order valence-corrected chi connectivity index (χ4v) is 4.94. The van der Waals surface area contributed by atoms with Crippen molar-refractivity contribution >= 4 is 0 Å². The van der Waals surface area contributed by atoms with Gasteiger partial charge in [-0.15, -0.1) is 0 Å². The monoisotopic (exact) mass is 338 g/mol. The summed E-state index contributed by atoms with van der Waals surface area (Å²) in [7, 11) is 0. The zero-order valence-corrected chi connectivity index (χ0v) is 15.2. The lowest BCUT2D eigenvalue weighted by Crippen LogP contribution is -2.29. The van der Waals surface area contributed by atoms with Crippen LogP contribution in [0.3, 0.4) is 0 Å². The highest BCUT2D eigenvalue weighted by Gasteiger charge is 2.60. The van der Waals surface area contributed by atoms with Gasteiger partial charge in [0.2, 0.25) is 0 Å². The molecule has 0 saturated carbocycles. The Bertz CT molecular complexity index is 1040. The Balaban J connectivity index is 1.41. The van der Waals surface area contributed by atoms with Gasteiger partial charge in [-0.25, -0.2) is 10.4 Å². The molecule has 0 spiro atoms. The van der Waals surface area contributed by atoms with Crippen LogP contribution in [-0.2, 0) is 11.1 Å². The van der Waals surface area contributed by atoms with Gasteiger partial charge in [-0.3, -0.25) is 0 Å². The molecule has 0 amide bonds. The average molecular weight is 338 g/mol. The Hall–Kier alpha value is -2.42. The molecule has 0 radical (unpaired) electrons. The summed E-state index contributed by atoms with van der Waals surface area (Å²) in [6.07, 6.45) is 1.22. The van der Waals surface area contributed by atoms with Gasteiger partial charge >= 0.3 is 0 Å². The summed E-state index contributed by atoms with van der Waals surface area (Å²) in [6, 6.07) is 24.9. The highest BCUT2D eigenvalue weighted by Crippen LogP contribution is 2.50. The normalized spacial score (nSPS) is 26.5. The molecular weight excluding hydrogens is 316 g/mol. The first-order valence-corrected chi connectivity index (χ1v) is 9.50. The minimum Gasteiger partial charge on any atom is -0.228 e. The summed E-state index contributed by atoms with van der Waals surface area (Å²) in [5.41, 5.74) is 13.4. The van der Waals surface area contributed by atoms with Crippen molar-refractivity contribution in [2.45, 2.75) is 31.3 Å². The molecule has 2 saturated heterocycles. The van der Waals surface area contributed by atoms with Crippen LogP contribution in [0.2, 0.25) is 0 Å². The number of fused-ring (bicyclic) bond motifs is 4. The largest absolute Gasteiger partial charge is 0.228 e. The molecule has 0 aromatic heterocycles. The molecule has 3 aromatic carbocycles. The zero-order valence-electron chi connectivity index (χ0n) is 15.2. The van der Waals surface area contributed by atoms with Crippen LogP contribution in [0.15, 0.2) is 66.7 Å². The molecule has 1 aliphatic carbocycles. The summed E-state index contributed by atoms with van der Waals surface area (Å²) in [4.78, 5) is 0. The van der Waals surface area contributed by atoms with Crippen LogP contribution < -0.4 is 5.43 Å². The number of hydrogen-bond donors (Lipinski definition) is 1. The van der Waals surface area contributed by atoms with Crippen LogP contribution in [0.5, 0.6) is 0 Å². The van der Waals surface area contributed by atoms with E-state index in [-0.39, 0.29) is 11.1 Å². The zero-order chi connectivity index (χ0) is 17.5. The van der Waals surface area contributed by atoms with Crippen molar-refractivity contribution in [3.63, 3.8) is 0 Å². The molecule has 2 heteroatoms. The Morgan fingerprint density at radius 2 is 1.54 bits per heavy atom. The number of nitrogens with one attached hydrogen (secondary N) is 1. The quantitative estimate of drug-likeness (QED) is 0.662. The highest BCUT2D eigenvalue weighted by atomic mass is 15.8. The topological polar surface area (TPSA) is 25.0 Å². The number of hydrogen-bond acceptors (Lipinski definition) is 2. The van der Waals surface area contributed by atoms with Crippen LogP contribution in [-0.4, -0.2) is 11.6 Å². The van der Waals surface area contributed by atoms with Gasteiger partial charge in [-0.2, -0.15) is 0 Å². The molecule has 3 aromatic rings. The number of benzene rings is 3. The van der Waals surface area contributed by atoms with E-state index in [9.17, 15) is 0 Å². The Labute approximate surface area is 154 Å². The van der Waals surface area contributed by atoms with E-state index in [4.69, 9.17) is 0 Å². The first kappa shape index (κ1) is 14.7. The predicted octanol–water partition coefficient (Wildman–Crippen LogP) is 5.04. The second-order valence-electron chi connectivity index (χ2n) is 8.38. The molecule has 128 valence electrons. The summed E-state index contributed by atoms with van der Waals surface area (Å²) in [5, 5.41) is 2.32. The third-order valence-electron chi connectivity index (χ3n) is 6.71. The van der Waals surface area contributed by atoms with Gasteiger partial charge in [-0.05, 0) is 51.4 Å². The SMILES string of the molecule is CC1(C)c2ccccc2-c2ccc(-c3ccc(C45CC[N@]4N5)cc3)cc21. The molecular formula is C24H22N2. The molecule has 2 nitrogen and oxygen atoms in total. The molecule has 2 atom stereocenters. The smallest absolute Gasteiger partial charge is 0.124 e. The van der Waals surface area contributed by atoms with Crippen molar-refractivity contribution in [2.75, 3.05) is 6.54 Å². The van der Waals surface area contributed by atoms with E-state index in [1.54, 1.807) is 0 Å². The number of hydrazine groups is 1. The molecule has 1 N–H and O–H groups in total. The van der Waals surface area contributed by atoms with Crippen molar-refractivity contribution in [3.05, 3.63) is 83.4 Å². The van der Waals surface area contributed by atoms with Gasteiger partial charge in [0.05, 0.1) is 0 Å². The van der Waals surface area contributed by atoms with E-state index in [1.165, 1.54) is 51.9 Å². The van der Waals surface area contributed by atoms with Crippen LogP contribution >= 0.6 is 0 Å². The second kappa shape index (κ2) is 4.64. The van der Waals surface area contributed by atoms with Crippen molar-refractivity contribution in [3.8, 4) is 22.3 Å². The van der Waals surface area contributed by atoms with Crippen LogP contribution in [0.1, 0.15) is 37.0 Å². The molecule has 3 aliphatic rings. The van der Waals surface area contributed by atoms with Gasteiger partial charge < -0.3 is 0 Å². The maximum absolute atomic E-state index is 3.48. The standard InChI is InChI=1S/C24H22N2/c1-23(2)21-6-4-3-5-19(21)20-12-9-17(15-22(20)23)16-7-10-18(11-8-16)24-13-14-26(24)25-24/h3-12,15,25H,13-14H2,1-2H3/t24?,26-/m0/s1. The molecule has 1 unspecified atom stereocenters. The van der Waals surface area contributed by atoms with E-state index >= 15 is 0 Å². The Morgan fingerprint density at radius 1 is 0.808 bits per heavy atom. The molecule has 0 bridgehead atoms. The van der Waals surface area contributed by atoms with Crippen LogP contribution in [0.4, 0.5) is 0 Å². The van der Waals surface area contributed by atoms with Crippen molar-refractivity contribution in [2.24, 2.45) is 0 Å². The molecule has 6 rings (SSSR count). The number of rotatable bonds is 2. The Kier molecular flexibility index (Phi) is 2.63. The fraction of sp³-hybridized carbons (Fsp3) is 0.250. The van der Waals surface area contributed by atoms with Gasteiger partial charge in [0.15, 0.2) is 0 Å². The van der Waals surface area contributed by atoms with Crippen molar-refractivity contribution < 1.29 is 0 Å². The third-order valence-corrected chi connectivity index (χ3v) is 6.71. The first-order valence-electron chi connectivity index (χ1n) is 9.50. The summed E-state index contributed by atoms with van der Waals surface area (Å²) >= 11 is 0. The van der Waals surface area contributed by atoms with E-state index in [1.807, 2.05) is 0 Å². The molecule has 2 fully saturated rings. The van der Waals surface area contributed by atoms with Gasteiger partial charge in [0, 0.05) is 12.0 Å². The van der Waals surface area contributed by atoms with Gasteiger partial charge in [0.25, 0.3) is 0 Å². The van der Waals surface area contributed by atoms with Crippen LogP contribution in [0, 0.1) is 0 Å². The van der Waals surface area contributed by atoms with E-state index in [0.717, 1.165) is 0 Å². The maximum atomic E-state index is 3.48. The molecule has 2 aliphatic heterocycles. The lowest BCUT2D eigenvalue weighted by atomic mass is 9.81. The van der Waals surface area contributed by atoms with Gasteiger partial charge in [0.1, 0.15) is 5.66 Å². The lowest BCUT2D eigenvalue weighted by Gasteiger charge is -2.23. The summed E-state index contributed by atoms with van der Waals surface area (Å²) < 4.78 is 0. The Morgan fingerprint density at radius 3 is 2.23 bits per heavy atom. The van der Waals surface area contributed by atoms with Crippen molar-refractivity contribution in [1.29, 1.82) is 0 Å². The fourth-order valence-electron chi connectivity index (χ4n) is 4.94. The lowest BCUT2D eigenvalue weighted by molar-refractivity contribution is 0.271. The number of nitrogens with zero attached hydrogens (tertiary/aromatic N) is 1. The maximum Gasteiger partial charge on any atom is 0.124 e. The van der Waals surface area contributed by atoms with E-state index in [0.29, 0.717) is 0 Å². The average Bonchev–Trinajstić information content (AvgIpc) is 3.12. The minimum absolute atomic E-state index is 0.0607. The summed E-state index contributed by atoms with van der Waals surface area (Å²) in [5.74, 6) is 0. The highest BCUT2D eigenvalue weighted by molar-refractivity contribution is 5.83. The van der Waals surface area contributed by atoms with Crippen LogP contribution in [0.25, 0.3) is 22.3 Å². The van der Waals surface area contributed by atoms with Gasteiger partial charge in [-0.1, -0.05) is 74.5 Å². The minimum atomic E-state index is 0.0607.